The lowest BCUT2D eigenvalue weighted by atomic mass is 9.63. The number of fused-ring (bicyclic) bond motifs is 6. The Morgan fingerprint density at radius 2 is 0.810 bits per heavy atom. The van der Waals surface area contributed by atoms with Crippen molar-refractivity contribution in [2.24, 2.45) is 0 Å². The van der Waals surface area contributed by atoms with Crippen LogP contribution in [-0.4, -0.2) is 14.0 Å². The molecule has 0 saturated carbocycles. The van der Waals surface area contributed by atoms with Crippen molar-refractivity contribution < 1.29 is 0 Å². The van der Waals surface area contributed by atoms with Gasteiger partial charge in [0, 0.05) is 31.5 Å². The van der Waals surface area contributed by atoms with Crippen molar-refractivity contribution in [1.29, 1.82) is 0 Å². The number of rotatable bonds is 4. The third-order valence-corrected chi connectivity index (χ3v) is 10.5. The van der Waals surface area contributed by atoms with E-state index in [4.69, 9.17) is 0 Å². The minimum Gasteiger partial charge on any atom is -0.395 e. The summed E-state index contributed by atoms with van der Waals surface area (Å²) in [5.41, 5.74) is 7.37. The average molecular weight is 574 g/mol. The maximum Gasteiger partial charge on any atom is 0.414 e. The molecule has 4 nitrogen and oxygen atoms in total. The van der Waals surface area contributed by atoms with Gasteiger partial charge in [0.1, 0.15) is 10.0 Å². The van der Waals surface area contributed by atoms with Gasteiger partial charge in [0.25, 0.3) is 0 Å². The summed E-state index contributed by atoms with van der Waals surface area (Å²) < 4.78 is 2.61. The normalized spacial score (nSPS) is 13.9. The highest BCUT2D eigenvalue weighted by Crippen LogP contribution is 2.50. The maximum absolute atomic E-state index is 3.86. The first-order chi connectivity index (χ1) is 20.8. The summed E-state index contributed by atoms with van der Waals surface area (Å²) in [6.07, 6.45) is 0. The summed E-state index contributed by atoms with van der Waals surface area (Å²) in [6.45, 7) is 0.0271. The van der Waals surface area contributed by atoms with E-state index < -0.39 is 0 Å². The predicted octanol–water partition coefficient (Wildman–Crippen LogP) is 8.03. The fraction of sp³-hybridized carbons (Fsp3) is 0. The Morgan fingerprint density at radius 3 is 1.24 bits per heavy atom. The lowest BCUT2D eigenvalue weighted by Gasteiger charge is -2.26. The van der Waals surface area contributed by atoms with E-state index in [1.54, 1.807) is 0 Å². The van der Waals surface area contributed by atoms with E-state index >= 15 is 0 Å². The summed E-state index contributed by atoms with van der Waals surface area (Å²) in [6, 6.07) is 48.0. The molecule has 2 N–H and O–H groups in total. The Labute approximate surface area is 253 Å². The van der Waals surface area contributed by atoms with E-state index in [2.05, 4.69) is 154 Å². The van der Waals surface area contributed by atoms with Crippen molar-refractivity contribution in [3.05, 3.63) is 133 Å². The zero-order chi connectivity index (χ0) is 27.6. The summed E-state index contributed by atoms with van der Waals surface area (Å²) in [7, 11) is 0. The Kier molecular flexibility index (Phi) is 5.40. The van der Waals surface area contributed by atoms with Gasteiger partial charge in [-0.1, -0.05) is 97.1 Å². The monoisotopic (exact) mass is 574 g/mol. The molecule has 2 aliphatic heterocycles. The van der Waals surface area contributed by atoms with Crippen LogP contribution < -0.4 is 31.0 Å². The zero-order valence-electron chi connectivity index (χ0n) is 22.6. The SMILES string of the molecule is c1ccc(N2B(c3ccc(B4Nc5sc6ccccc6c5N4c4ccccc4)cc3)Nc3sc4ccccc4c32)cc1. The van der Waals surface area contributed by atoms with Crippen LogP contribution in [0.15, 0.2) is 133 Å². The highest BCUT2D eigenvalue weighted by Gasteiger charge is 2.41. The molecule has 198 valence electrons. The van der Waals surface area contributed by atoms with E-state index in [0.29, 0.717) is 0 Å². The second-order valence-electron chi connectivity index (χ2n) is 10.7. The second kappa shape index (κ2) is 9.44. The summed E-state index contributed by atoms with van der Waals surface area (Å²) >= 11 is 3.66. The number of hydrogen-bond donors (Lipinski definition) is 2. The van der Waals surface area contributed by atoms with Gasteiger partial charge in [0.15, 0.2) is 0 Å². The molecule has 0 spiro atoms. The molecule has 4 heterocycles. The summed E-state index contributed by atoms with van der Waals surface area (Å²) in [4.78, 5) is 4.91. The van der Waals surface area contributed by atoms with Crippen LogP contribution >= 0.6 is 22.7 Å². The van der Waals surface area contributed by atoms with Crippen LogP contribution in [0.25, 0.3) is 20.2 Å². The minimum absolute atomic E-state index is 0.0135. The molecule has 42 heavy (non-hydrogen) atoms. The van der Waals surface area contributed by atoms with Gasteiger partial charge in [-0.2, -0.15) is 0 Å². The van der Waals surface area contributed by atoms with Crippen LogP contribution in [0, 0.1) is 0 Å². The Bertz CT molecular complexity index is 1930. The molecule has 8 heteroatoms. The molecule has 7 aromatic rings. The van der Waals surface area contributed by atoms with Gasteiger partial charge < -0.3 is 20.1 Å². The fourth-order valence-electron chi connectivity index (χ4n) is 6.43. The van der Waals surface area contributed by atoms with Gasteiger partial charge in [0.05, 0.1) is 11.4 Å². The minimum atomic E-state index is 0.0135. The predicted molar refractivity (Wildman–Crippen MR) is 185 cm³/mol. The van der Waals surface area contributed by atoms with E-state index in [1.165, 1.54) is 63.8 Å². The first-order valence-electron chi connectivity index (χ1n) is 14.2. The number of thiophene rings is 2. The summed E-state index contributed by atoms with van der Waals surface area (Å²) in [5.74, 6) is 0. The third-order valence-electron chi connectivity index (χ3n) is 8.31. The molecule has 0 amide bonds. The molecule has 0 bridgehead atoms. The first kappa shape index (κ1) is 24.0. The van der Waals surface area contributed by atoms with E-state index in [0.717, 1.165) is 0 Å². The average Bonchev–Trinajstić information content (AvgIpc) is 3.79. The molecule has 2 aliphatic rings. The van der Waals surface area contributed by atoms with Crippen molar-refractivity contribution >= 4 is 100 Å². The molecule has 0 fully saturated rings. The Balaban J connectivity index is 1.11. The van der Waals surface area contributed by atoms with Crippen molar-refractivity contribution in [2.45, 2.75) is 0 Å². The van der Waals surface area contributed by atoms with Gasteiger partial charge in [-0.05, 0) is 47.3 Å². The van der Waals surface area contributed by atoms with Crippen molar-refractivity contribution in [3.8, 4) is 0 Å². The largest absolute Gasteiger partial charge is 0.414 e. The molecule has 0 radical (unpaired) electrons. The maximum atomic E-state index is 3.86. The topological polar surface area (TPSA) is 30.5 Å². The quantitative estimate of drug-likeness (QED) is 0.209. The molecular formula is C34H24B2N4S2. The lowest BCUT2D eigenvalue weighted by molar-refractivity contribution is 1.44. The molecule has 0 saturated heterocycles. The van der Waals surface area contributed by atoms with Crippen molar-refractivity contribution in [2.75, 3.05) is 20.1 Å². The van der Waals surface area contributed by atoms with Gasteiger partial charge in [-0.3, -0.25) is 0 Å². The number of para-hydroxylation sites is 2. The summed E-state index contributed by atoms with van der Waals surface area (Å²) in [5, 5.41) is 12.7. The van der Waals surface area contributed by atoms with Crippen LogP contribution in [-0.2, 0) is 0 Å². The van der Waals surface area contributed by atoms with E-state index in [9.17, 15) is 0 Å². The zero-order valence-corrected chi connectivity index (χ0v) is 24.2. The molecule has 0 atom stereocenters. The Morgan fingerprint density at radius 1 is 0.429 bits per heavy atom. The highest BCUT2D eigenvalue weighted by molar-refractivity contribution is 7.25. The van der Waals surface area contributed by atoms with Gasteiger partial charge >= 0.3 is 14.0 Å². The lowest BCUT2D eigenvalue weighted by Crippen LogP contribution is -2.51. The molecular weight excluding hydrogens is 550 g/mol. The number of nitrogens with one attached hydrogen (secondary N) is 2. The number of benzene rings is 5. The molecule has 0 aliphatic carbocycles. The van der Waals surface area contributed by atoms with Crippen molar-refractivity contribution in [1.82, 2.24) is 0 Å². The van der Waals surface area contributed by atoms with Gasteiger partial charge in [0.2, 0.25) is 0 Å². The van der Waals surface area contributed by atoms with Gasteiger partial charge in [-0.15, -0.1) is 22.7 Å². The van der Waals surface area contributed by atoms with E-state index in [-0.39, 0.29) is 14.0 Å². The van der Waals surface area contributed by atoms with Crippen molar-refractivity contribution in [3.63, 3.8) is 0 Å². The number of nitrogens with zero attached hydrogens (tertiary/aromatic N) is 2. The molecule has 2 aromatic heterocycles. The smallest absolute Gasteiger partial charge is 0.395 e. The molecule has 5 aromatic carbocycles. The van der Waals surface area contributed by atoms with Gasteiger partial charge in [-0.25, -0.2) is 0 Å². The second-order valence-corrected chi connectivity index (χ2v) is 12.8. The standard InChI is InChI=1S/C34H24B2N4S2/c1-3-11-25(12-4-1)39-31-27-15-7-9-17-29(27)41-33(31)37-35(39)23-19-21-24(22-20-23)36-38-34-32(28-16-8-10-18-30(28)42-34)40(36)26-13-5-2-6-14-26/h1-22,37-38H. The number of hydrogen-bond acceptors (Lipinski definition) is 6. The fourth-order valence-corrected chi connectivity index (χ4v) is 8.67. The highest BCUT2D eigenvalue weighted by atomic mass is 32.1. The van der Waals surface area contributed by atoms with Crippen LogP contribution in [0.5, 0.6) is 0 Å². The third kappa shape index (κ3) is 3.62. The van der Waals surface area contributed by atoms with Crippen LogP contribution in [0.4, 0.5) is 32.8 Å². The van der Waals surface area contributed by atoms with Crippen LogP contribution in [0.2, 0.25) is 0 Å². The van der Waals surface area contributed by atoms with Crippen LogP contribution in [0.3, 0.4) is 0 Å². The Hall–Kier alpha value is -4.65. The molecule has 9 rings (SSSR count). The van der Waals surface area contributed by atoms with E-state index in [1.807, 2.05) is 22.7 Å². The molecule has 0 unspecified atom stereocenters. The van der Waals surface area contributed by atoms with Crippen LogP contribution in [0.1, 0.15) is 0 Å². The number of anilines is 6. The first-order valence-corrected chi connectivity index (χ1v) is 15.8.